The number of rotatable bonds is 3. The Morgan fingerprint density at radius 2 is 2.11 bits per heavy atom. The van der Waals surface area contributed by atoms with E-state index >= 15 is 0 Å². The van der Waals surface area contributed by atoms with E-state index in [1.54, 1.807) is 22.9 Å². The van der Waals surface area contributed by atoms with Crippen LogP contribution in [0.15, 0.2) is 18.2 Å². The normalized spacial score (nSPS) is 10.3. The van der Waals surface area contributed by atoms with Crippen molar-refractivity contribution in [1.82, 2.24) is 14.8 Å². The van der Waals surface area contributed by atoms with Crippen molar-refractivity contribution in [3.8, 4) is 11.8 Å². The zero-order chi connectivity index (χ0) is 13.1. The van der Waals surface area contributed by atoms with Crippen LogP contribution in [0, 0.1) is 11.3 Å². The first-order valence-corrected chi connectivity index (χ1v) is 6.22. The molecule has 1 aromatic heterocycles. The molecule has 1 heterocycles. The molecule has 0 aliphatic rings. The Kier molecular flexibility index (Phi) is 3.63. The number of benzene rings is 1. The Morgan fingerprint density at radius 1 is 1.33 bits per heavy atom. The number of nitrogens with zero attached hydrogens (tertiary/aromatic N) is 4. The molecule has 0 spiro atoms. The van der Waals surface area contributed by atoms with Crippen molar-refractivity contribution in [2.24, 2.45) is 0 Å². The zero-order valence-corrected chi connectivity index (χ0v) is 11.1. The van der Waals surface area contributed by atoms with Crippen molar-refractivity contribution in [3.63, 3.8) is 0 Å². The second-order valence-corrected chi connectivity index (χ2v) is 4.27. The lowest BCUT2D eigenvalue weighted by Gasteiger charge is -2.06. The molecule has 92 valence electrons. The Bertz CT molecular complexity index is 610. The summed E-state index contributed by atoms with van der Waals surface area (Å²) in [4.78, 5) is 4.43. The van der Waals surface area contributed by atoms with Gasteiger partial charge in [0.2, 0.25) is 0 Å². The van der Waals surface area contributed by atoms with E-state index < -0.39 is 0 Å². The molecule has 1 aromatic carbocycles. The molecular formula is C13H13ClN4. The van der Waals surface area contributed by atoms with Gasteiger partial charge in [0.1, 0.15) is 11.9 Å². The van der Waals surface area contributed by atoms with Gasteiger partial charge in [-0.25, -0.2) is 9.67 Å². The third-order valence-electron chi connectivity index (χ3n) is 2.66. The molecular weight excluding hydrogens is 248 g/mol. The maximum absolute atomic E-state index is 9.14. The molecule has 0 amide bonds. The molecule has 2 aromatic rings. The van der Waals surface area contributed by atoms with Crippen LogP contribution in [-0.4, -0.2) is 14.8 Å². The highest BCUT2D eigenvalue weighted by atomic mass is 35.5. The second-order valence-electron chi connectivity index (χ2n) is 3.84. The summed E-state index contributed by atoms with van der Waals surface area (Å²) >= 11 is 5.99. The van der Waals surface area contributed by atoms with Gasteiger partial charge in [0, 0.05) is 17.9 Å². The van der Waals surface area contributed by atoms with Crippen molar-refractivity contribution < 1.29 is 0 Å². The summed E-state index contributed by atoms with van der Waals surface area (Å²) in [5.41, 5.74) is 1.23. The minimum atomic E-state index is 0.543. The van der Waals surface area contributed by atoms with E-state index in [2.05, 4.69) is 16.2 Å². The molecule has 18 heavy (non-hydrogen) atoms. The van der Waals surface area contributed by atoms with Crippen molar-refractivity contribution >= 4 is 11.6 Å². The van der Waals surface area contributed by atoms with Crippen LogP contribution in [-0.2, 0) is 12.8 Å². The molecule has 0 saturated heterocycles. The maximum atomic E-state index is 9.14. The third kappa shape index (κ3) is 2.22. The lowest BCUT2D eigenvalue weighted by molar-refractivity contribution is 0.789. The van der Waals surface area contributed by atoms with Gasteiger partial charge in [-0.2, -0.15) is 10.4 Å². The number of aryl methyl sites for hydroxylation is 2. The summed E-state index contributed by atoms with van der Waals surface area (Å²) in [6.45, 7) is 4.01. The van der Waals surface area contributed by atoms with Crippen LogP contribution in [0.25, 0.3) is 5.69 Å². The molecule has 0 atom stereocenters. The Balaban J connectivity index is 2.64. The fraction of sp³-hybridized carbons (Fsp3) is 0.308. The van der Waals surface area contributed by atoms with Crippen LogP contribution in [0.5, 0.6) is 0 Å². The van der Waals surface area contributed by atoms with E-state index in [1.165, 1.54) is 0 Å². The Morgan fingerprint density at radius 3 is 2.72 bits per heavy atom. The predicted octanol–water partition coefficient (Wildman–Crippen LogP) is 2.92. The van der Waals surface area contributed by atoms with Crippen LogP contribution in [0.2, 0.25) is 5.02 Å². The van der Waals surface area contributed by atoms with Crippen LogP contribution < -0.4 is 0 Å². The third-order valence-corrected chi connectivity index (χ3v) is 2.89. The summed E-state index contributed by atoms with van der Waals surface area (Å²) < 4.78 is 1.71. The molecule has 0 saturated carbocycles. The van der Waals surface area contributed by atoms with E-state index in [-0.39, 0.29) is 0 Å². The van der Waals surface area contributed by atoms with E-state index in [9.17, 15) is 0 Å². The highest BCUT2D eigenvalue weighted by Gasteiger charge is 2.13. The van der Waals surface area contributed by atoms with E-state index in [1.807, 2.05) is 13.8 Å². The molecule has 0 radical (unpaired) electrons. The number of aromatic nitrogens is 3. The summed E-state index contributed by atoms with van der Waals surface area (Å²) in [5, 5.41) is 14.1. The van der Waals surface area contributed by atoms with Gasteiger partial charge >= 0.3 is 0 Å². The van der Waals surface area contributed by atoms with Gasteiger partial charge in [0.05, 0.1) is 11.3 Å². The number of hydrogen-bond donors (Lipinski definition) is 0. The van der Waals surface area contributed by atoms with E-state index in [0.29, 0.717) is 16.3 Å². The van der Waals surface area contributed by atoms with Crippen LogP contribution in [0.3, 0.4) is 0 Å². The standard InChI is InChI=1S/C13H13ClN4/c1-3-12-16-13(4-2)18(17-12)11-7-10(14)6-5-9(11)8-15/h5-7H,3-4H2,1-2H3. The predicted molar refractivity (Wildman–Crippen MR) is 69.8 cm³/mol. The first-order chi connectivity index (χ1) is 8.69. The Labute approximate surface area is 111 Å². The largest absolute Gasteiger partial charge is 0.216 e. The maximum Gasteiger partial charge on any atom is 0.151 e. The van der Waals surface area contributed by atoms with Gasteiger partial charge in [-0.15, -0.1) is 0 Å². The number of nitriles is 1. The first kappa shape index (κ1) is 12.6. The smallest absolute Gasteiger partial charge is 0.151 e. The van der Waals surface area contributed by atoms with Crippen molar-refractivity contribution in [2.45, 2.75) is 26.7 Å². The average molecular weight is 261 g/mol. The van der Waals surface area contributed by atoms with Crippen LogP contribution >= 0.6 is 11.6 Å². The molecule has 5 heteroatoms. The lowest BCUT2D eigenvalue weighted by atomic mass is 10.2. The number of hydrogen-bond acceptors (Lipinski definition) is 3. The molecule has 4 nitrogen and oxygen atoms in total. The summed E-state index contributed by atoms with van der Waals surface area (Å²) in [6.07, 6.45) is 1.52. The van der Waals surface area contributed by atoms with Crippen molar-refractivity contribution in [3.05, 3.63) is 40.4 Å². The molecule has 2 rings (SSSR count). The van der Waals surface area contributed by atoms with Gasteiger partial charge < -0.3 is 0 Å². The SMILES string of the molecule is CCc1nc(CC)n(-c2cc(Cl)ccc2C#N)n1. The van der Waals surface area contributed by atoms with E-state index in [4.69, 9.17) is 16.9 Å². The highest BCUT2D eigenvalue weighted by molar-refractivity contribution is 6.30. The second kappa shape index (κ2) is 5.19. The highest BCUT2D eigenvalue weighted by Crippen LogP contribution is 2.20. The molecule has 0 fully saturated rings. The monoisotopic (exact) mass is 260 g/mol. The van der Waals surface area contributed by atoms with Crippen LogP contribution in [0.1, 0.15) is 31.1 Å². The summed E-state index contributed by atoms with van der Waals surface area (Å²) in [7, 11) is 0. The zero-order valence-electron chi connectivity index (χ0n) is 10.3. The van der Waals surface area contributed by atoms with Gasteiger partial charge in [0.15, 0.2) is 5.82 Å². The average Bonchev–Trinajstić information content (AvgIpc) is 2.81. The van der Waals surface area contributed by atoms with Crippen molar-refractivity contribution in [2.75, 3.05) is 0 Å². The quantitative estimate of drug-likeness (QED) is 0.853. The topological polar surface area (TPSA) is 54.5 Å². The fourth-order valence-electron chi connectivity index (χ4n) is 1.74. The first-order valence-electron chi connectivity index (χ1n) is 5.84. The summed E-state index contributed by atoms with van der Waals surface area (Å²) in [6, 6.07) is 7.30. The molecule has 0 aliphatic heterocycles. The lowest BCUT2D eigenvalue weighted by Crippen LogP contribution is -2.04. The molecule has 0 bridgehead atoms. The Hall–Kier alpha value is -1.86. The fourth-order valence-corrected chi connectivity index (χ4v) is 1.90. The summed E-state index contributed by atoms with van der Waals surface area (Å²) in [5.74, 6) is 1.61. The minimum Gasteiger partial charge on any atom is -0.216 e. The molecule has 0 aliphatic carbocycles. The van der Waals surface area contributed by atoms with Gasteiger partial charge in [0.25, 0.3) is 0 Å². The van der Waals surface area contributed by atoms with E-state index in [0.717, 1.165) is 24.5 Å². The van der Waals surface area contributed by atoms with Gasteiger partial charge in [-0.3, -0.25) is 0 Å². The minimum absolute atomic E-state index is 0.543. The van der Waals surface area contributed by atoms with Gasteiger partial charge in [-0.1, -0.05) is 25.4 Å². The van der Waals surface area contributed by atoms with Crippen molar-refractivity contribution in [1.29, 1.82) is 5.26 Å². The molecule has 0 unspecified atom stereocenters. The molecule has 0 N–H and O–H groups in total. The van der Waals surface area contributed by atoms with Gasteiger partial charge in [-0.05, 0) is 18.2 Å². The number of halogens is 1. The van der Waals surface area contributed by atoms with Crippen LogP contribution in [0.4, 0.5) is 0 Å².